The van der Waals surface area contributed by atoms with Crippen LogP contribution in [0.2, 0.25) is 0 Å². The Morgan fingerprint density at radius 3 is 2.55 bits per heavy atom. The molecule has 1 aliphatic rings. The van der Waals surface area contributed by atoms with Crippen molar-refractivity contribution in [3.05, 3.63) is 35.4 Å². The van der Waals surface area contributed by atoms with E-state index in [1.165, 1.54) is 11.1 Å². The zero-order chi connectivity index (χ0) is 15.2. The fourth-order valence-electron chi connectivity index (χ4n) is 2.65. The van der Waals surface area contributed by atoms with Gasteiger partial charge in [-0.05, 0) is 24.5 Å². The Hall–Kier alpha value is -1.10. The lowest BCUT2D eigenvalue weighted by Crippen LogP contribution is -2.52. The molecule has 1 fully saturated rings. The second-order valence-electron chi connectivity index (χ2n) is 5.94. The summed E-state index contributed by atoms with van der Waals surface area (Å²) in [6, 6.07) is 8.96. The molecule has 2 rings (SSSR count). The topological polar surface area (TPSA) is 35.6 Å². The molecular formula is C17H28ClN3O. The Morgan fingerprint density at radius 1 is 1.32 bits per heavy atom. The van der Waals surface area contributed by atoms with Gasteiger partial charge in [0.2, 0.25) is 5.91 Å². The van der Waals surface area contributed by atoms with Crippen molar-refractivity contribution in [1.29, 1.82) is 0 Å². The van der Waals surface area contributed by atoms with Crippen LogP contribution < -0.4 is 5.32 Å². The van der Waals surface area contributed by atoms with Crippen molar-refractivity contribution in [2.45, 2.75) is 32.9 Å². The average molecular weight is 326 g/mol. The molecule has 5 heteroatoms. The van der Waals surface area contributed by atoms with E-state index in [1.807, 2.05) is 11.9 Å². The van der Waals surface area contributed by atoms with Crippen LogP contribution >= 0.6 is 12.4 Å². The molecule has 22 heavy (non-hydrogen) atoms. The lowest BCUT2D eigenvalue weighted by molar-refractivity contribution is -0.132. The molecule has 0 unspecified atom stereocenters. The third kappa shape index (κ3) is 5.27. The first-order chi connectivity index (χ1) is 10.1. The van der Waals surface area contributed by atoms with Gasteiger partial charge in [0.25, 0.3) is 0 Å². The molecule has 1 N–H and O–H groups in total. The number of carbonyl (C=O) groups excluding carboxylic acids is 1. The maximum Gasteiger partial charge on any atom is 0.236 e. The molecule has 0 radical (unpaired) electrons. The number of hydrogen-bond donors (Lipinski definition) is 1. The van der Waals surface area contributed by atoms with Gasteiger partial charge in [0.1, 0.15) is 0 Å². The zero-order valence-corrected chi connectivity index (χ0v) is 14.7. The van der Waals surface area contributed by atoms with E-state index in [4.69, 9.17) is 0 Å². The summed E-state index contributed by atoms with van der Waals surface area (Å²) in [5.74, 6) is 0.198. The number of aryl methyl sites for hydroxylation is 1. The molecule has 1 aliphatic heterocycles. The van der Waals surface area contributed by atoms with Gasteiger partial charge in [0.15, 0.2) is 0 Å². The van der Waals surface area contributed by atoms with E-state index in [0.717, 1.165) is 26.1 Å². The maximum atomic E-state index is 12.3. The van der Waals surface area contributed by atoms with E-state index in [1.54, 1.807) is 0 Å². The molecule has 0 saturated carbocycles. The Bertz CT molecular complexity index is 463. The van der Waals surface area contributed by atoms with E-state index in [2.05, 4.69) is 48.3 Å². The van der Waals surface area contributed by atoms with E-state index < -0.39 is 0 Å². The number of piperazine rings is 1. The molecule has 0 spiro atoms. The van der Waals surface area contributed by atoms with Crippen molar-refractivity contribution < 1.29 is 4.79 Å². The minimum Gasteiger partial charge on any atom is -0.340 e. The number of halogens is 1. The van der Waals surface area contributed by atoms with Crippen molar-refractivity contribution in [1.82, 2.24) is 15.1 Å². The summed E-state index contributed by atoms with van der Waals surface area (Å²) in [6.07, 6.45) is 1.05. The van der Waals surface area contributed by atoms with Gasteiger partial charge in [-0.15, -0.1) is 12.4 Å². The van der Waals surface area contributed by atoms with Crippen LogP contribution in [0.5, 0.6) is 0 Å². The fourth-order valence-corrected chi connectivity index (χ4v) is 2.65. The van der Waals surface area contributed by atoms with Gasteiger partial charge in [0, 0.05) is 39.3 Å². The summed E-state index contributed by atoms with van der Waals surface area (Å²) in [4.78, 5) is 16.4. The number of benzene rings is 1. The second kappa shape index (κ2) is 9.13. The zero-order valence-electron chi connectivity index (χ0n) is 13.8. The molecule has 1 atom stereocenters. The molecule has 0 bridgehead atoms. The largest absolute Gasteiger partial charge is 0.340 e. The molecule has 4 nitrogen and oxygen atoms in total. The minimum absolute atomic E-state index is 0. The molecule has 1 aromatic carbocycles. The highest BCUT2D eigenvalue weighted by molar-refractivity contribution is 5.85. The van der Waals surface area contributed by atoms with Crippen LogP contribution in [0.4, 0.5) is 0 Å². The number of hydrogen-bond acceptors (Lipinski definition) is 3. The Morgan fingerprint density at radius 2 is 1.95 bits per heavy atom. The molecule has 1 saturated heterocycles. The molecular weight excluding hydrogens is 298 g/mol. The van der Waals surface area contributed by atoms with Gasteiger partial charge in [-0.25, -0.2) is 0 Å². The van der Waals surface area contributed by atoms with Gasteiger partial charge in [-0.2, -0.15) is 0 Å². The number of nitrogens with one attached hydrogen (secondary N) is 1. The van der Waals surface area contributed by atoms with Gasteiger partial charge in [-0.1, -0.05) is 31.2 Å². The number of rotatable bonds is 5. The lowest BCUT2D eigenvalue weighted by atomic mass is 10.1. The number of nitrogens with zero attached hydrogens (tertiary/aromatic N) is 2. The maximum absolute atomic E-state index is 12.3. The number of likely N-dealkylation sites (N-methyl/N-ethyl adjacent to an activating group) is 1. The summed E-state index contributed by atoms with van der Waals surface area (Å²) >= 11 is 0. The smallest absolute Gasteiger partial charge is 0.236 e. The van der Waals surface area contributed by atoms with Crippen LogP contribution in [-0.2, 0) is 17.8 Å². The van der Waals surface area contributed by atoms with E-state index in [-0.39, 0.29) is 18.3 Å². The van der Waals surface area contributed by atoms with Gasteiger partial charge >= 0.3 is 0 Å². The van der Waals surface area contributed by atoms with Crippen molar-refractivity contribution in [2.75, 3.05) is 33.2 Å². The quantitative estimate of drug-likeness (QED) is 0.898. The molecule has 0 aliphatic carbocycles. The van der Waals surface area contributed by atoms with Gasteiger partial charge in [-0.3, -0.25) is 9.69 Å². The highest BCUT2D eigenvalue weighted by Crippen LogP contribution is 2.09. The predicted octanol–water partition coefficient (Wildman–Crippen LogP) is 1.92. The number of amides is 1. The molecule has 1 aromatic rings. The highest BCUT2D eigenvalue weighted by Gasteiger charge is 2.21. The van der Waals surface area contributed by atoms with Crippen LogP contribution in [-0.4, -0.2) is 55.0 Å². The third-order valence-corrected chi connectivity index (χ3v) is 4.25. The summed E-state index contributed by atoms with van der Waals surface area (Å²) in [5, 5.41) is 3.35. The second-order valence-corrected chi connectivity index (χ2v) is 5.94. The van der Waals surface area contributed by atoms with Crippen LogP contribution in [0.1, 0.15) is 25.0 Å². The third-order valence-electron chi connectivity index (χ3n) is 4.25. The van der Waals surface area contributed by atoms with Crippen LogP contribution in [0.25, 0.3) is 0 Å². The fraction of sp³-hybridized carbons (Fsp3) is 0.588. The predicted molar refractivity (Wildman–Crippen MR) is 93.4 cm³/mol. The van der Waals surface area contributed by atoms with Crippen LogP contribution in [0.15, 0.2) is 24.3 Å². The molecule has 1 heterocycles. The summed E-state index contributed by atoms with van der Waals surface area (Å²) in [6.45, 7) is 8.42. The molecule has 0 aromatic heterocycles. The van der Waals surface area contributed by atoms with Crippen molar-refractivity contribution in [3.63, 3.8) is 0 Å². The van der Waals surface area contributed by atoms with Crippen molar-refractivity contribution in [3.8, 4) is 0 Å². The van der Waals surface area contributed by atoms with E-state index in [0.29, 0.717) is 19.1 Å². The molecule has 124 valence electrons. The van der Waals surface area contributed by atoms with Crippen LogP contribution in [0.3, 0.4) is 0 Å². The highest BCUT2D eigenvalue weighted by atomic mass is 35.5. The SMILES string of the molecule is CCc1ccc(CN(C)C(=O)CN2CCNC[C@H]2C)cc1.Cl. The Balaban J connectivity index is 0.00000242. The van der Waals surface area contributed by atoms with Gasteiger partial charge < -0.3 is 10.2 Å². The Labute approximate surface area is 140 Å². The first kappa shape index (κ1) is 18.9. The minimum atomic E-state index is 0. The van der Waals surface area contributed by atoms with E-state index >= 15 is 0 Å². The van der Waals surface area contributed by atoms with Crippen LogP contribution in [0, 0.1) is 0 Å². The molecule has 1 amide bonds. The van der Waals surface area contributed by atoms with Crippen molar-refractivity contribution >= 4 is 18.3 Å². The van der Waals surface area contributed by atoms with Crippen molar-refractivity contribution in [2.24, 2.45) is 0 Å². The average Bonchev–Trinajstić information content (AvgIpc) is 2.50. The standard InChI is InChI=1S/C17H27N3O.ClH/c1-4-15-5-7-16(8-6-15)12-19(3)17(21)13-20-10-9-18-11-14(20)2;/h5-8,14,18H,4,9-13H2,1-3H3;1H/t14-;/m1./s1. The first-order valence-electron chi connectivity index (χ1n) is 7.86. The summed E-state index contributed by atoms with van der Waals surface area (Å²) < 4.78 is 0. The lowest BCUT2D eigenvalue weighted by Gasteiger charge is -2.34. The Kier molecular flexibility index (Phi) is 7.87. The normalized spacial score (nSPS) is 18.6. The summed E-state index contributed by atoms with van der Waals surface area (Å²) in [5.41, 5.74) is 2.53. The van der Waals surface area contributed by atoms with E-state index in [9.17, 15) is 4.79 Å². The number of carbonyl (C=O) groups is 1. The summed E-state index contributed by atoms with van der Waals surface area (Å²) in [7, 11) is 1.89. The first-order valence-corrected chi connectivity index (χ1v) is 7.86. The monoisotopic (exact) mass is 325 g/mol. The van der Waals surface area contributed by atoms with Gasteiger partial charge in [0.05, 0.1) is 6.54 Å².